The van der Waals surface area contributed by atoms with Crippen molar-refractivity contribution in [2.45, 2.75) is 40.0 Å². The third kappa shape index (κ3) is 4.52. The summed E-state index contributed by atoms with van der Waals surface area (Å²) in [5.41, 5.74) is 7.49. The predicted molar refractivity (Wildman–Crippen MR) is 96.0 cm³/mol. The van der Waals surface area contributed by atoms with E-state index in [-0.39, 0.29) is 11.3 Å². The number of hydrogen-bond donors (Lipinski definition) is 1. The molecule has 120 valence electrons. The molecule has 0 bridgehead atoms. The Balaban J connectivity index is 2.07. The van der Waals surface area contributed by atoms with Gasteiger partial charge in [0, 0.05) is 5.56 Å². The number of nitrogens with zero attached hydrogens (tertiary/aromatic N) is 1. The molecular formula is C20H24N2O. The quantitative estimate of drug-likeness (QED) is 0.660. The summed E-state index contributed by atoms with van der Waals surface area (Å²) in [5.74, 6) is -0.197. The minimum atomic E-state index is -0.197. The van der Waals surface area contributed by atoms with Crippen molar-refractivity contribution in [1.29, 1.82) is 0 Å². The Kier molecular flexibility index (Phi) is 4.99. The second-order valence-corrected chi connectivity index (χ2v) is 6.83. The first-order valence-corrected chi connectivity index (χ1v) is 7.79. The molecular weight excluding hydrogens is 284 g/mol. The van der Waals surface area contributed by atoms with Crippen LogP contribution in [-0.2, 0) is 5.41 Å². The number of carbonyl (C=O) groups is 1. The average molecular weight is 308 g/mol. The molecule has 3 heteroatoms. The van der Waals surface area contributed by atoms with Crippen LogP contribution in [0.2, 0.25) is 0 Å². The maximum absolute atomic E-state index is 12.2. The van der Waals surface area contributed by atoms with Gasteiger partial charge >= 0.3 is 0 Å². The zero-order valence-electron chi connectivity index (χ0n) is 14.5. The fourth-order valence-electron chi connectivity index (χ4n) is 2.18. The van der Waals surface area contributed by atoms with Crippen molar-refractivity contribution in [1.82, 2.24) is 5.43 Å². The molecule has 0 spiro atoms. The molecule has 0 aliphatic rings. The Hall–Kier alpha value is -2.42. The molecule has 0 radical (unpaired) electrons. The summed E-state index contributed by atoms with van der Waals surface area (Å²) in [6.07, 6.45) is 0. The molecule has 1 amide bonds. The molecule has 3 nitrogen and oxygen atoms in total. The summed E-state index contributed by atoms with van der Waals surface area (Å²) in [4.78, 5) is 12.2. The van der Waals surface area contributed by atoms with Crippen LogP contribution in [0.5, 0.6) is 0 Å². The molecule has 0 atom stereocenters. The lowest BCUT2D eigenvalue weighted by molar-refractivity contribution is 0.0955. The Morgan fingerprint density at radius 1 is 0.913 bits per heavy atom. The molecule has 0 heterocycles. The van der Waals surface area contributed by atoms with Crippen molar-refractivity contribution in [2.75, 3.05) is 0 Å². The van der Waals surface area contributed by atoms with Crippen LogP contribution in [-0.4, -0.2) is 11.6 Å². The van der Waals surface area contributed by atoms with E-state index in [2.05, 4.69) is 31.3 Å². The summed E-state index contributed by atoms with van der Waals surface area (Å²) in [7, 11) is 0. The SMILES string of the molecule is CC(=NNC(=O)c1ccc(C(C)(C)C)cc1)c1ccc(C)cc1. The molecule has 0 saturated carbocycles. The van der Waals surface area contributed by atoms with Gasteiger partial charge in [0.2, 0.25) is 0 Å². The summed E-state index contributed by atoms with van der Waals surface area (Å²) in [6.45, 7) is 10.4. The van der Waals surface area contributed by atoms with Crippen LogP contribution < -0.4 is 5.43 Å². The van der Waals surface area contributed by atoms with Gasteiger partial charge in [-0.05, 0) is 42.5 Å². The highest BCUT2D eigenvalue weighted by Gasteiger charge is 2.14. The first-order valence-electron chi connectivity index (χ1n) is 7.79. The molecule has 0 fully saturated rings. The molecule has 2 aromatic carbocycles. The van der Waals surface area contributed by atoms with Crippen LogP contribution in [0.25, 0.3) is 0 Å². The van der Waals surface area contributed by atoms with Crippen LogP contribution in [0.4, 0.5) is 0 Å². The topological polar surface area (TPSA) is 41.5 Å². The Labute approximate surface area is 138 Å². The summed E-state index contributed by atoms with van der Waals surface area (Å²) >= 11 is 0. The van der Waals surface area contributed by atoms with E-state index in [1.54, 1.807) is 0 Å². The van der Waals surface area contributed by atoms with Crippen LogP contribution in [0, 0.1) is 6.92 Å². The smallest absolute Gasteiger partial charge is 0.267 e. The second kappa shape index (κ2) is 6.78. The minimum absolute atomic E-state index is 0.0786. The zero-order valence-corrected chi connectivity index (χ0v) is 14.5. The number of hydrazone groups is 1. The van der Waals surface area contributed by atoms with Crippen molar-refractivity contribution >= 4 is 11.6 Å². The summed E-state index contributed by atoms with van der Waals surface area (Å²) in [5, 5.41) is 4.19. The van der Waals surface area contributed by atoms with Gasteiger partial charge in [-0.2, -0.15) is 5.10 Å². The van der Waals surface area contributed by atoms with Crippen molar-refractivity contribution in [3.8, 4) is 0 Å². The Bertz CT molecular complexity index is 705. The first kappa shape index (κ1) is 16.9. The van der Waals surface area contributed by atoms with Crippen LogP contribution in [0.1, 0.15) is 54.7 Å². The van der Waals surface area contributed by atoms with Crippen molar-refractivity contribution in [3.05, 3.63) is 70.8 Å². The van der Waals surface area contributed by atoms with Gasteiger partial charge in [-0.15, -0.1) is 0 Å². The lowest BCUT2D eigenvalue weighted by atomic mass is 9.87. The third-order valence-corrected chi connectivity index (χ3v) is 3.81. The number of nitrogens with one attached hydrogen (secondary N) is 1. The van der Waals surface area contributed by atoms with Crippen molar-refractivity contribution < 1.29 is 4.79 Å². The Morgan fingerprint density at radius 2 is 1.43 bits per heavy atom. The first-order chi connectivity index (χ1) is 10.8. The van der Waals surface area contributed by atoms with Gasteiger partial charge in [-0.25, -0.2) is 5.43 Å². The van der Waals surface area contributed by atoms with E-state index in [0.29, 0.717) is 5.56 Å². The molecule has 0 aromatic heterocycles. The zero-order chi connectivity index (χ0) is 17.0. The van der Waals surface area contributed by atoms with E-state index >= 15 is 0 Å². The number of carbonyl (C=O) groups excluding carboxylic acids is 1. The van der Waals surface area contributed by atoms with E-state index in [1.165, 1.54) is 11.1 Å². The second-order valence-electron chi connectivity index (χ2n) is 6.83. The largest absolute Gasteiger partial charge is 0.271 e. The van der Waals surface area contributed by atoms with Crippen molar-refractivity contribution in [2.24, 2.45) is 5.10 Å². The molecule has 2 rings (SSSR count). The molecule has 0 aliphatic heterocycles. The van der Waals surface area contributed by atoms with Crippen LogP contribution in [0.15, 0.2) is 53.6 Å². The van der Waals surface area contributed by atoms with Crippen LogP contribution in [0.3, 0.4) is 0 Å². The standard InChI is InChI=1S/C20H24N2O/c1-14-6-8-16(9-7-14)15(2)21-22-19(23)17-10-12-18(13-11-17)20(3,4)5/h6-13H,1-5H3,(H,22,23). The Morgan fingerprint density at radius 3 is 1.96 bits per heavy atom. The number of rotatable bonds is 3. The van der Waals surface area contributed by atoms with Gasteiger partial charge in [0.1, 0.15) is 0 Å². The van der Waals surface area contributed by atoms with Gasteiger partial charge in [0.15, 0.2) is 0 Å². The van der Waals surface area contributed by atoms with Crippen molar-refractivity contribution in [3.63, 3.8) is 0 Å². The molecule has 0 unspecified atom stereocenters. The van der Waals surface area contributed by atoms with E-state index in [9.17, 15) is 4.79 Å². The number of amides is 1. The molecule has 0 saturated heterocycles. The lowest BCUT2D eigenvalue weighted by Crippen LogP contribution is -2.20. The van der Waals surface area contributed by atoms with Gasteiger partial charge < -0.3 is 0 Å². The fraction of sp³-hybridized carbons (Fsp3) is 0.300. The molecule has 2 aromatic rings. The summed E-state index contributed by atoms with van der Waals surface area (Å²) in [6, 6.07) is 15.7. The molecule has 23 heavy (non-hydrogen) atoms. The van der Waals surface area contributed by atoms with E-state index in [4.69, 9.17) is 0 Å². The van der Waals surface area contributed by atoms with Gasteiger partial charge in [-0.1, -0.05) is 62.7 Å². The number of aryl methyl sites for hydroxylation is 1. The van der Waals surface area contributed by atoms with E-state index < -0.39 is 0 Å². The highest BCUT2D eigenvalue weighted by atomic mass is 16.2. The highest BCUT2D eigenvalue weighted by molar-refractivity contribution is 6.00. The monoisotopic (exact) mass is 308 g/mol. The van der Waals surface area contributed by atoms with Gasteiger partial charge in [0.25, 0.3) is 5.91 Å². The maximum Gasteiger partial charge on any atom is 0.271 e. The van der Waals surface area contributed by atoms with Gasteiger partial charge in [0.05, 0.1) is 5.71 Å². The van der Waals surface area contributed by atoms with Gasteiger partial charge in [-0.3, -0.25) is 4.79 Å². The third-order valence-electron chi connectivity index (χ3n) is 3.81. The normalized spacial score (nSPS) is 12.1. The van der Waals surface area contributed by atoms with E-state index in [0.717, 1.165) is 11.3 Å². The van der Waals surface area contributed by atoms with E-state index in [1.807, 2.05) is 62.4 Å². The number of hydrogen-bond acceptors (Lipinski definition) is 2. The maximum atomic E-state index is 12.2. The average Bonchev–Trinajstić information content (AvgIpc) is 2.52. The highest BCUT2D eigenvalue weighted by Crippen LogP contribution is 2.22. The van der Waals surface area contributed by atoms with Crippen LogP contribution >= 0.6 is 0 Å². The predicted octanol–water partition coefficient (Wildman–Crippen LogP) is 4.45. The summed E-state index contributed by atoms with van der Waals surface area (Å²) < 4.78 is 0. The fourth-order valence-corrected chi connectivity index (χ4v) is 2.18. The molecule has 0 aliphatic carbocycles. The lowest BCUT2D eigenvalue weighted by Gasteiger charge is -2.18. The molecule has 1 N–H and O–H groups in total. The number of benzene rings is 2. The minimum Gasteiger partial charge on any atom is -0.267 e.